The van der Waals surface area contributed by atoms with E-state index in [9.17, 15) is 0 Å². The molecule has 2 aromatic heterocycles. The summed E-state index contributed by atoms with van der Waals surface area (Å²) in [6.07, 6.45) is 1.55. The zero-order valence-corrected chi connectivity index (χ0v) is 7.71. The van der Waals surface area contributed by atoms with Gasteiger partial charge in [-0.2, -0.15) is 0 Å². The molecule has 0 saturated heterocycles. The van der Waals surface area contributed by atoms with E-state index in [-0.39, 0.29) is 6.61 Å². The molecule has 0 spiro atoms. The zero-order chi connectivity index (χ0) is 9.97. The van der Waals surface area contributed by atoms with Crippen LogP contribution in [-0.2, 0) is 13.2 Å². The minimum atomic E-state index is -0.132. The lowest BCUT2D eigenvalue weighted by Gasteiger charge is -1.99. The molecule has 0 aliphatic rings. The van der Waals surface area contributed by atoms with Crippen LogP contribution >= 0.6 is 0 Å². The molecule has 0 aromatic carbocycles. The molecular weight excluding hydrogens is 184 g/mol. The van der Waals surface area contributed by atoms with Crippen LogP contribution in [0.5, 0.6) is 0 Å². The molecule has 2 rings (SSSR count). The fourth-order valence-corrected chi connectivity index (χ4v) is 1.19. The van der Waals surface area contributed by atoms with E-state index in [1.165, 1.54) is 0 Å². The summed E-state index contributed by atoms with van der Waals surface area (Å²) in [5.41, 5.74) is 0.832. The summed E-state index contributed by atoms with van der Waals surface area (Å²) in [4.78, 5) is 0. The standard InChI is InChI=1S/C8H10N4O2/c1-6-2-7(14-11-6)3-12-5-9-10-8(12)4-13/h2,5,13H,3-4H2,1H3. The van der Waals surface area contributed by atoms with E-state index in [1.54, 1.807) is 10.9 Å². The Morgan fingerprint density at radius 2 is 2.43 bits per heavy atom. The Bertz CT molecular complexity index is 420. The van der Waals surface area contributed by atoms with E-state index in [0.717, 1.165) is 11.5 Å². The molecule has 0 bridgehead atoms. The maximum absolute atomic E-state index is 8.92. The Morgan fingerprint density at radius 1 is 1.57 bits per heavy atom. The van der Waals surface area contributed by atoms with Gasteiger partial charge in [0, 0.05) is 6.07 Å². The second kappa shape index (κ2) is 3.59. The number of rotatable bonds is 3. The van der Waals surface area contributed by atoms with Crippen LogP contribution in [0.4, 0.5) is 0 Å². The van der Waals surface area contributed by atoms with E-state index < -0.39 is 0 Å². The molecule has 74 valence electrons. The fourth-order valence-electron chi connectivity index (χ4n) is 1.19. The van der Waals surface area contributed by atoms with Crippen LogP contribution in [0.25, 0.3) is 0 Å². The third-order valence-corrected chi connectivity index (χ3v) is 1.84. The highest BCUT2D eigenvalue weighted by molar-refractivity contribution is 5.04. The van der Waals surface area contributed by atoms with E-state index >= 15 is 0 Å². The van der Waals surface area contributed by atoms with Crippen molar-refractivity contribution in [3.63, 3.8) is 0 Å². The fraction of sp³-hybridized carbons (Fsp3) is 0.375. The minimum Gasteiger partial charge on any atom is -0.388 e. The number of nitrogens with zero attached hydrogens (tertiary/aromatic N) is 4. The second-order valence-electron chi connectivity index (χ2n) is 2.97. The van der Waals surface area contributed by atoms with Crippen molar-refractivity contribution >= 4 is 0 Å². The quantitative estimate of drug-likeness (QED) is 0.750. The van der Waals surface area contributed by atoms with Crippen molar-refractivity contribution in [1.82, 2.24) is 19.9 Å². The smallest absolute Gasteiger partial charge is 0.159 e. The Labute approximate surface area is 80.2 Å². The summed E-state index contributed by atoms with van der Waals surface area (Å²) in [5, 5.41) is 20.1. The molecule has 0 atom stereocenters. The lowest BCUT2D eigenvalue weighted by molar-refractivity contribution is 0.263. The van der Waals surface area contributed by atoms with Crippen molar-refractivity contribution in [2.45, 2.75) is 20.1 Å². The molecule has 14 heavy (non-hydrogen) atoms. The van der Waals surface area contributed by atoms with Crippen molar-refractivity contribution in [3.8, 4) is 0 Å². The summed E-state index contributed by atoms with van der Waals surface area (Å²) in [6, 6.07) is 1.83. The molecule has 0 unspecified atom stereocenters. The van der Waals surface area contributed by atoms with Gasteiger partial charge in [0.1, 0.15) is 12.9 Å². The average molecular weight is 194 g/mol. The number of aliphatic hydroxyl groups is 1. The highest BCUT2D eigenvalue weighted by Crippen LogP contribution is 2.06. The first-order chi connectivity index (χ1) is 6.79. The average Bonchev–Trinajstić information content (AvgIpc) is 2.76. The molecule has 0 saturated carbocycles. The maximum Gasteiger partial charge on any atom is 0.159 e. The van der Waals surface area contributed by atoms with Crippen molar-refractivity contribution in [2.75, 3.05) is 0 Å². The number of hydrogen-bond acceptors (Lipinski definition) is 5. The summed E-state index contributed by atoms with van der Waals surface area (Å²) >= 11 is 0. The molecule has 0 aliphatic heterocycles. The van der Waals surface area contributed by atoms with Crippen LogP contribution < -0.4 is 0 Å². The predicted molar refractivity (Wildman–Crippen MR) is 46.3 cm³/mol. The molecule has 0 fully saturated rings. The van der Waals surface area contributed by atoms with E-state index in [1.807, 2.05) is 13.0 Å². The zero-order valence-electron chi connectivity index (χ0n) is 7.71. The van der Waals surface area contributed by atoms with Crippen LogP contribution in [-0.4, -0.2) is 25.0 Å². The highest BCUT2D eigenvalue weighted by atomic mass is 16.5. The normalized spacial score (nSPS) is 10.7. The third-order valence-electron chi connectivity index (χ3n) is 1.84. The number of aryl methyl sites for hydroxylation is 1. The Morgan fingerprint density at radius 3 is 3.07 bits per heavy atom. The third kappa shape index (κ3) is 1.64. The van der Waals surface area contributed by atoms with Crippen LogP contribution in [0.15, 0.2) is 16.9 Å². The van der Waals surface area contributed by atoms with Crippen LogP contribution in [0, 0.1) is 6.92 Å². The molecule has 1 N–H and O–H groups in total. The molecule has 0 amide bonds. The SMILES string of the molecule is Cc1cc(Cn2cnnc2CO)on1. The van der Waals surface area contributed by atoms with Gasteiger partial charge >= 0.3 is 0 Å². The molecule has 2 heterocycles. The van der Waals surface area contributed by atoms with Crippen LogP contribution in [0.1, 0.15) is 17.3 Å². The van der Waals surface area contributed by atoms with Crippen molar-refractivity contribution in [3.05, 3.63) is 29.7 Å². The topological polar surface area (TPSA) is 77.0 Å². The molecule has 6 heteroatoms. The van der Waals surface area contributed by atoms with Gasteiger partial charge in [-0.05, 0) is 6.92 Å². The van der Waals surface area contributed by atoms with Gasteiger partial charge in [0.05, 0.1) is 12.2 Å². The molecule has 6 nitrogen and oxygen atoms in total. The van der Waals surface area contributed by atoms with E-state index in [4.69, 9.17) is 9.63 Å². The first-order valence-corrected chi connectivity index (χ1v) is 4.19. The van der Waals surface area contributed by atoms with Crippen molar-refractivity contribution < 1.29 is 9.63 Å². The summed E-state index contributed by atoms with van der Waals surface area (Å²) in [7, 11) is 0. The first-order valence-electron chi connectivity index (χ1n) is 4.19. The first kappa shape index (κ1) is 8.89. The Kier molecular flexibility index (Phi) is 2.28. The monoisotopic (exact) mass is 194 g/mol. The molecule has 0 radical (unpaired) electrons. The molecule has 2 aromatic rings. The van der Waals surface area contributed by atoms with Gasteiger partial charge < -0.3 is 14.2 Å². The van der Waals surface area contributed by atoms with Crippen LogP contribution in [0.3, 0.4) is 0 Å². The summed E-state index contributed by atoms with van der Waals surface area (Å²) in [5.74, 6) is 1.23. The Hall–Kier alpha value is -1.69. The van der Waals surface area contributed by atoms with Gasteiger partial charge in [-0.15, -0.1) is 10.2 Å². The number of aliphatic hydroxyl groups excluding tert-OH is 1. The van der Waals surface area contributed by atoms with Gasteiger partial charge in [-0.25, -0.2) is 0 Å². The van der Waals surface area contributed by atoms with Gasteiger partial charge in [0.2, 0.25) is 0 Å². The van der Waals surface area contributed by atoms with Crippen molar-refractivity contribution in [2.24, 2.45) is 0 Å². The summed E-state index contributed by atoms with van der Waals surface area (Å²) < 4.78 is 6.74. The minimum absolute atomic E-state index is 0.132. The van der Waals surface area contributed by atoms with Gasteiger partial charge in [-0.3, -0.25) is 0 Å². The number of aromatic nitrogens is 4. The lowest BCUT2D eigenvalue weighted by Crippen LogP contribution is -2.03. The Balaban J connectivity index is 2.18. The van der Waals surface area contributed by atoms with E-state index in [0.29, 0.717) is 12.4 Å². The summed E-state index contributed by atoms with van der Waals surface area (Å²) in [6.45, 7) is 2.21. The molecular formula is C8H10N4O2. The van der Waals surface area contributed by atoms with Gasteiger partial charge in [0.15, 0.2) is 11.6 Å². The van der Waals surface area contributed by atoms with Crippen LogP contribution in [0.2, 0.25) is 0 Å². The lowest BCUT2D eigenvalue weighted by atomic mass is 10.4. The predicted octanol–water partition coefficient (Wildman–Crippen LogP) is 0.115. The van der Waals surface area contributed by atoms with Crippen molar-refractivity contribution in [1.29, 1.82) is 0 Å². The van der Waals surface area contributed by atoms with Gasteiger partial charge in [-0.1, -0.05) is 5.16 Å². The maximum atomic E-state index is 8.92. The highest BCUT2D eigenvalue weighted by Gasteiger charge is 2.06. The van der Waals surface area contributed by atoms with Gasteiger partial charge in [0.25, 0.3) is 0 Å². The number of hydrogen-bond donors (Lipinski definition) is 1. The largest absolute Gasteiger partial charge is 0.388 e. The molecule has 0 aliphatic carbocycles. The van der Waals surface area contributed by atoms with E-state index in [2.05, 4.69) is 15.4 Å². The second-order valence-corrected chi connectivity index (χ2v) is 2.97.